The van der Waals surface area contributed by atoms with Gasteiger partial charge in [-0.25, -0.2) is 0 Å². The zero-order valence-corrected chi connectivity index (χ0v) is 13.8. The number of rotatable bonds is 4. The predicted molar refractivity (Wildman–Crippen MR) is 90.4 cm³/mol. The van der Waals surface area contributed by atoms with Crippen LogP contribution < -0.4 is 10.1 Å². The Balaban J connectivity index is 2.11. The first-order valence-corrected chi connectivity index (χ1v) is 7.27. The molecule has 0 bridgehead atoms. The summed E-state index contributed by atoms with van der Waals surface area (Å²) in [5.41, 5.74) is 1.57. The molecule has 23 heavy (non-hydrogen) atoms. The fraction of sp³-hybridized carbons (Fsp3) is 0.176. The lowest BCUT2D eigenvalue weighted by Crippen LogP contribution is -2.21. The number of halogens is 1. The van der Waals surface area contributed by atoms with Gasteiger partial charge in [0, 0.05) is 30.9 Å². The van der Waals surface area contributed by atoms with Crippen molar-refractivity contribution >= 4 is 29.1 Å². The first-order valence-electron chi connectivity index (χ1n) is 6.89. The van der Waals surface area contributed by atoms with E-state index in [4.69, 9.17) is 16.3 Å². The maximum absolute atomic E-state index is 12.2. The molecule has 0 aliphatic carbocycles. The lowest BCUT2D eigenvalue weighted by molar-refractivity contribution is 0.0827. The van der Waals surface area contributed by atoms with Crippen LogP contribution in [0.4, 0.5) is 5.69 Å². The van der Waals surface area contributed by atoms with Crippen molar-refractivity contribution in [3.63, 3.8) is 0 Å². The highest BCUT2D eigenvalue weighted by Gasteiger charge is 2.11. The quantitative estimate of drug-likeness (QED) is 0.934. The molecule has 5 nitrogen and oxygen atoms in total. The lowest BCUT2D eigenvalue weighted by atomic mass is 10.1. The van der Waals surface area contributed by atoms with E-state index in [2.05, 4.69) is 5.32 Å². The molecule has 0 fully saturated rings. The standard InChI is InChI=1S/C17H17ClN2O3/c1-20(2)17(22)11-4-7-13(8-5-11)19-16(21)12-6-9-15(23-3)14(18)10-12/h4-10H,1-3H3,(H,19,21). The van der Waals surface area contributed by atoms with Crippen LogP contribution in [0.2, 0.25) is 5.02 Å². The highest BCUT2D eigenvalue weighted by molar-refractivity contribution is 6.32. The Hall–Kier alpha value is -2.53. The molecule has 120 valence electrons. The second kappa shape index (κ2) is 7.15. The van der Waals surface area contributed by atoms with Crippen LogP contribution in [0, 0.1) is 0 Å². The van der Waals surface area contributed by atoms with Crippen molar-refractivity contribution < 1.29 is 14.3 Å². The van der Waals surface area contributed by atoms with Crippen molar-refractivity contribution in [1.29, 1.82) is 0 Å². The molecule has 0 aliphatic rings. The SMILES string of the molecule is COc1ccc(C(=O)Nc2ccc(C(=O)N(C)C)cc2)cc1Cl. The van der Waals surface area contributed by atoms with Crippen molar-refractivity contribution in [2.45, 2.75) is 0 Å². The summed E-state index contributed by atoms with van der Waals surface area (Å²) in [6, 6.07) is 11.5. The zero-order valence-electron chi connectivity index (χ0n) is 13.1. The van der Waals surface area contributed by atoms with E-state index in [0.717, 1.165) is 0 Å². The van der Waals surface area contributed by atoms with E-state index in [1.165, 1.54) is 12.0 Å². The van der Waals surface area contributed by atoms with Crippen LogP contribution in [0.3, 0.4) is 0 Å². The number of carbonyl (C=O) groups excluding carboxylic acids is 2. The highest BCUT2D eigenvalue weighted by Crippen LogP contribution is 2.25. The maximum atomic E-state index is 12.2. The monoisotopic (exact) mass is 332 g/mol. The summed E-state index contributed by atoms with van der Waals surface area (Å²) in [5.74, 6) is 0.126. The predicted octanol–water partition coefficient (Wildman–Crippen LogP) is 3.30. The molecular weight excluding hydrogens is 316 g/mol. The molecule has 0 atom stereocenters. The normalized spacial score (nSPS) is 10.1. The van der Waals surface area contributed by atoms with Crippen molar-refractivity contribution in [2.24, 2.45) is 0 Å². The Morgan fingerprint density at radius 2 is 1.65 bits per heavy atom. The molecular formula is C17H17ClN2O3. The van der Waals surface area contributed by atoms with Gasteiger partial charge in [-0.3, -0.25) is 9.59 Å². The largest absolute Gasteiger partial charge is 0.495 e. The summed E-state index contributed by atoms with van der Waals surface area (Å²) in [7, 11) is 4.88. The van der Waals surface area contributed by atoms with E-state index >= 15 is 0 Å². The number of nitrogens with zero attached hydrogens (tertiary/aromatic N) is 1. The van der Waals surface area contributed by atoms with Crippen LogP contribution in [0.15, 0.2) is 42.5 Å². The minimum atomic E-state index is -0.291. The van der Waals surface area contributed by atoms with Crippen molar-refractivity contribution in [2.75, 3.05) is 26.5 Å². The minimum absolute atomic E-state index is 0.0928. The van der Waals surface area contributed by atoms with E-state index in [-0.39, 0.29) is 11.8 Å². The fourth-order valence-electron chi connectivity index (χ4n) is 1.97. The number of nitrogens with one attached hydrogen (secondary N) is 1. The van der Waals surface area contributed by atoms with Crippen molar-refractivity contribution in [1.82, 2.24) is 4.90 Å². The Morgan fingerprint density at radius 3 is 2.17 bits per heavy atom. The number of carbonyl (C=O) groups is 2. The number of benzene rings is 2. The molecule has 0 saturated carbocycles. The second-order valence-corrected chi connectivity index (χ2v) is 5.49. The summed E-state index contributed by atoms with van der Waals surface area (Å²) < 4.78 is 5.05. The van der Waals surface area contributed by atoms with Crippen LogP contribution in [-0.2, 0) is 0 Å². The number of amides is 2. The third-order valence-corrected chi connectivity index (χ3v) is 3.51. The fourth-order valence-corrected chi connectivity index (χ4v) is 2.22. The summed E-state index contributed by atoms with van der Waals surface area (Å²) in [6.07, 6.45) is 0. The molecule has 1 N–H and O–H groups in total. The molecule has 0 unspecified atom stereocenters. The Kier molecular flexibility index (Phi) is 5.24. The van der Waals surface area contributed by atoms with Crippen LogP contribution in [-0.4, -0.2) is 37.9 Å². The molecule has 2 aromatic carbocycles. The highest BCUT2D eigenvalue weighted by atomic mass is 35.5. The molecule has 0 aliphatic heterocycles. The molecule has 0 heterocycles. The van der Waals surface area contributed by atoms with Gasteiger partial charge in [0.15, 0.2) is 0 Å². The molecule has 2 rings (SSSR count). The van der Waals surface area contributed by atoms with E-state index in [1.54, 1.807) is 56.6 Å². The van der Waals surface area contributed by atoms with Crippen molar-refractivity contribution in [3.8, 4) is 5.75 Å². The molecule has 2 amide bonds. The van der Waals surface area contributed by atoms with Crippen LogP contribution in [0.1, 0.15) is 20.7 Å². The van der Waals surface area contributed by atoms with Gasteiger partial charge < -0.3 is 15.0 Å². The Bertz CT molecular complexity index is 727. The topological polar surface area (TPSA) is 58.6 Å². The first-order chi connectivity index (χ1) is 10.9. The van der Waals surface area contributed by atoms with E-state index in [1.807, 2.05) is 0 Å². The van der Waals surface area contributed by atoms with E-state index < -0.39 is 0 Å². The van der Waals surface area contributed by atoms with Gasteiger partial charge in [-0.1, -0.05) is 11.6 Å². The molecule has 0 radical (unpaired) electrons. The summed E-state index contributed by atoms with van der Waals surface area (Å²) >= 11 is 6.01. The maximum Gasteiger partial charge on any atom is 0.255 e. The van der Waals surface area contributed by atoms with Crippen LogP contribution >= 0.6 is 11.6 Å². The minimum Gasteiger partial charge on any atom is -0.495 e. The molecule has 0 aromatic heterocycles. The van der Waals surface area contributed by atoms with Gasteiger partial charge in [-0.15, -0.1) is 0 Å². The smallest absolute Gasteiger partial charge is 0.255 e. The average molecular weight is 333 g/mol. The Labute approximate surface area is 139 Å². The summed E-state index contributed by atoms with van der Waals surface area (Å²) in [6.45, 7) is 0. The van der Waals surface area contributed by atoms with Gasteiger partial charge in [-0.05, 0) is 42.5 Å². The second-order valence-electron chi connectivity index (χ2n) is 5.08. The van der Waals surface area contributed by atoms with Gasteiger partial charge in [-0.2, -0.15) is 0 Å². The van der Waals surface area contributed by atoms with Gasteiger partial charge in [0.05, 0.1) is 12.1 Å². The Morgan fingerprint density at radius 1 is 1.04 bits per heavy atom. The number of hydrogen-bond donors (Lipinski definition) is 1. The number of anilines is 1. The number of methoxy groups -OCH3 is 1. The van der Waals surface area contributed by atoms with Crippen molar-refractivity contribution in [3.05, 3.63) is 58.6 Å². The molecule has 0 saturated heterocycles. The zero-order chi connectivity index (χ0) is 17.0. The third-order valence-electron chi connectivity index (χ3n) is 3.21. The summed E-state index contributed by atoms with van der Waals surface area (Å²) in [5, 5.41) is 3.12. The average Bonchev–Trinajstić information content (AvgIpc) is 2.54. The lowest BCUT2D eigenvalue weighted by Gasteiger charge is -2.11. The number of hydrogen-bond acceptors (Lipinski definition) is 3. The van der Waals surface area contributed by atoms with Crippen LogP contribution in [0.5, 0.6) is 5.75 Å². The molecule has 0 spiro atoms. The molecule has 2 aromatic rings. The number of ether oxygens (including phenoxy) is 1. The van der Waals surface area contributed by atoms with Gasteiger partial charge in [0.1, 0.15) is 5.75 Å². The van der Waals surface area contributed by atoms with Gasteiger partial charge in [0.2, 0.25) is 0 Å². The first kappa shape index (κ1) is 16.8. The summed E-state index contributed by atoms with van der Waals surface area (Å²) in [4.78, 5) is 25.5. The van der Waals surface area contributed by atoms with Gasteiger partial charge in [0.25, 0.3) is 11.8 Å². The molecule has 6 heteroatoms. The van der Waals surface area contributed by atoms with E-state index in [0.29, 0.717) is 27.6 Å². The van der Waals surface area contributed by atoms with Gasteiger partial charge >= 0.3 is 0 Å². The third kappa shape index (κ3) is 4.02. The van der Waals surface area contributed by atoms with E-state index in [9.17, 15) is 9.59 Å². The van der Waals surface area contributed by atoms with Crippen LogP contribution in [0.25, 0.3) is 0 Å².